The maximum absolute atomic E-state index is 12.4. The molecule has 0 aromatic rings. The van der Waals surface area contributed by atoms with Gasteiger partial charge in [-0.25, -0.2) is 4.79 Å². The number of hydrogen-bond donors (Lipinski definition) is 1. The first-order chi connectivity index (χ1) is 11.2. The lowest BCUT2D eigenvalue weighted by atomic mass is 9.81. The molecule has 1 unspecified atom stereocenters. The largest absolute Gasteiger partial charge is 0.468 e. The van der Waals surface area contributed by atoms with Gasteiger partial charge in [0.25, 0.3) is 0 Å². The van der Waals surface area contributed by atoms with Crippen LogP contribution < -0.4 is 5.32 Å². The molecule has 1 N–H and O–H groups in total. The summed E-state index contributed by atoms with van der Waals surface area (Å²) in [6.45, 7) is 5.67. The summed E-state index contributed by atoms with van der Waals surface area (Å²) in [7, 11) is 2.43. The molecule has 2 aliphatic rings. The van der Waals surface area contributed by atoms with E-state index in [1.54, 1.807) is 0 Å². The highest BCUT2D eigenvalue weighted by Gasteiger charge is 2.45. The van der Waals surface area contributed by atoms with Gasteiger partial charge in [0.05, 0.1) is 19.8 Å². The van der Waals surface area contributed by atoms with Crippen LogP contribution in [0.15, 0.2) is 22.8 Å². The maximum Gasteiger partial charge on any atom is 0.340 e. The Balaban J connectivity index is 2.62. The quantitative estimate of drug-likeness (QED) is 0.782. The molecule has 1 aliphatic heterocycles. The van der Waals surface area contributed by atoms with Gasteiger partial charge in [-0.05, 0) is 27.2 Å². The number of methoxy groups -OCH3 is 2. The number of Topliss-reactive ketones (excluding diaryl/α,β-unsaturated/α-hetero) is 1. The van der Waals surface area contributed by atoms with Gasteiger partial charge in [-0.15, -0.1) is 0 Å². The molecule has 0 aromatic heterocycles. The monoisotopic (exact) mass is 337 g/mol. The second-order valence-electron chi connectivity index (χ2n) is 6.78. The minimum Gasteiger partial charge on any atom is -0.468 e. The van der Waals surface area contributed by atoms with Crippen molar-refractivity contribution >= 4 is 17.7 Å². The van der Waals surface area contributed by atoms with Crippen molar-refractivity contribution in [2.24, 2.45) is 5.92 Å². The molecule has 0 radical (unpaired) electrons. The van der Waals surface area contributed by atoms with Crippen LogP contribution in [-0.4, -0.2) is 37.5 Å². The van der Waals surface area contributed by atoms with Crippen molar-refractivity contribution in [3.05, 3.63) is 22.8 Å². The molecule has 1 aliphatic carbocycles. The van der Waals surface area contributed by atoms with Gasteiger partial charge in [0.2, 0.25) is 5.88 Å². The number of esters is 2. The molecule has 0 amide bonds. The molecule has 7 heteroatoms. The fraction of sp³-hybridized carbons (Fsp3) is 0.588. The van der Waals surface area contributed by atoms with Crippen LogP contribution in [0.4, 0.5) is 0 Å². The average Bonchev–Trinajstić information content (AvgIpc) is 2.50. The highest BCUT2D eigenvalue weighted by Crippen LogP contribution is 2.39. The van der Waals surface area contributed by atoms with Crippen molar-refractivity contribution < 1.29 is 28.6 Å². The highest BCUT2D eigenvalue weighted by molar-refractivity contribution is 6.08. The number of hydrogen-bond acceptors (Lipinski definition) is 7. The van der Waals surface area contributed by atoms with Crippen molar-refractivity contribution in [3.63, 3.8) is 0 Å². The normalized spacial score (nSPS) is 21.0. The summed E-state index contributed by atoms with van der Waals surface area (Å²) < 4.78 is 15.5. The Hall–Kier alpha value is -2.31. The maximum atomic E-state index is 12.4. The topological polar surface area (TPSA) is 90.9 Å². The van der Waals surface area contributed by atoms with Crippen molar-refractivity contribution in [1.82, 2.24) is 5.32 Å². The molecular weight excluding hydrogens is 314 g/mol. The van der Waals surface area contributed by atoms with E-state index in [0.717, 1.165) is 0 Å². The van der Waals surface area contributed by atoms with E-state index >= 15 is 0 Å². The number of allylic oxidation sites excluding steroid dienone is 1. The van der Waals surface area contributed by atoms with Crippen molar-refractivity contribution in [3.8, 4) is 0 Å². The molecule has 1 heterocycles. The molecule has 132 valence electrons. The van der Waals surface area contributed by atoms with E-state index in [2.05, 4.69) is 5.32 Å². The minimum atomic E-state index is -1.14. The smallest absolute Gasteiger partial charge is 0.340 e. The number of nitrogens with one attached hydrogen (secondary N) is 1. The van der Waals surface area contributed by atoms with Crippen LogP contribution in [0, 0.1) is 5.92 Å². The zero-order chi connectivity index (χ0) is 18.1. The lowest BCUT2D eigenvalue weighted by Crippen LogP contribution is -2.43. The van der Waals surface area contributed by atoms with Crippen molar-refractivity contribution in [2.75, 3.05) is 14.2 Å². The molecule has 0 spiro atoms. The van der Waals surface area contributed by atoms with Gasteiger partial charge >= 0.3 is 11.9 Å². The minimum absolute atomic E-state index is 0.0340. The van der Waals surface area contributed by atoms with E-state index in [0.29, 0.717) is 25.0 Å². The van der Waals surface area contributed by atoms with Gasteiger partial charge in [0, 0.05) is 18.4 Å². The molecule has 0 aromatic carbocycles. The highest BCUT2D eigenvalue weighted by atomic mass is 16.5. The molecule has 0 fully saturated rings. The van der Waals surface area contributed by atoms with Gasteiger partial charge in [0.15, 0.2) is 5.78 Å². The third kappa shape index (κ3) is 3.44. The molecule has 0 saturated carbocycles. The van der Waals surface area contributed by atoms with Gasteiger partial charge in [-0.2, -0.15) is 0 Å². The first-order valence-corrected chi connectivity index (χ1v) is 7.82. The summed E-state index contributed by atoms with van der Waals surface area (Å²) in [6.07, 6.45) is 1.48. The van der Waals surface area contributed by atoms with Crippen LogP contribution in [0.1, 0.15) is 40.0 Å². The summed E-state index contributed by atoms with van der Waals surface area (Å²) in [5.74, 6) is -2.21. The lowest BCUT2D eigenvalue weighted by molar-refractivity contribution is -0.147. The Morgan fingerprint density at radius 1 is 1.17 bits per heavy atom. The first kappa shape index (κ1) is 18.0. The van der Waals surface area contributed by atoms with E-state index in [4.69, 9.17) is 14.2 Å². The fourth-order valence-corrected chi connectivity index (χ4v) is 2.82. The van der Waals surface area contributed by atoms with Gasteiger partial charge in [0.1, 0.15) is 17.3 Å². The predicted octanol–water partition coefficient (Wildman–Crippen LogP) is 1.59. The third-order valence-electron chi connectivity index (χ3n) is 3.79. The van der Waals surface area contributed by atoms with E-state index in [-0.39, 0.29) is 22.8 Å². The summed E-state index contributed by atoms with van der Waals surface area (Å²) in [5.41, 5.74) is -0.257. The SMILES string of the molecule is COC(=O)C1=C(NC(C)(C)C)OC2=C(C(=O)CCC2)C1C(=O)OC. The summed E-state index contributed by atoms with van der Waals surface area (Å²) in [5, 5.41) is 3.08. The van der Waals surface area contributed by atoms with E-state index < -0.39 is 23.4 Å². The second-order valence-corrected chi connectivity index (χ2v) is 6.78. The Morgan fingerprint density at radius 3 is 2.38 bits per heavy atom. The molecule has 24 heavy (non-hydrogen) atoms. The van der Waals surface area contributed by atoms with Crippen LogP contribution in [0.2, 0.25) is 0 Å². The zero-order valence-electron chi connectivity index (χ0n) is 14.6. The van der Waals surface area contributed by atoms with Crippen LogP contribution in [0.3, 0.4) is 0 Å². The molecule has 2 rings (SSSR count). The Bertz CT molecular complexity index is 638. The standard InChI is InChI=1S/C17H23NO6/c1-17(2,3)18-14-13(16(21)23-5)12(15(20)22-4)11-9(19)7-6-8-10(11)24-14/h12,18H,6-8H2,1-5H3. The number of ether oxygens (including phenoxy) is 3. The lowest BCUT2D eigenvalue weighted by Gasteiger charge is -2.34. The first-order valence-electron chi connectivity index (χ1n) is 7.82. The number of ketones is 1. The molecule has 0 bridgehead atoms. The molecular formula is C17H23NO6. The van der Waals surface area contributed by atoms with E-state index in [9.17, 15) is 14.4 Å². The number of carbonyl (C=O) groups is 3. The van der Waals surface area contributed by atoms with Gasteiger partial charge < -0.3 is 19.5 Å². The summed E-state index contributed by atoms with van der Waals surface area (Å²) >= 11 is 0. The third-order valence-corrected chi connectivity index (χ3v) is 3.79. The number of rotatable bonds is 3. The summed E-state index contributed by atoms with van der Waals surface area (Å²) in [6, 6.07) is 0. The zero-order valence-corrected chi connectivity index (χ0v) is 14.6. The molecule has 7 nitrogen and oxygen atoms in total. The van der Waals surface area contributed by atoms with Crippen LogP contribution >= 0.6 is 0 Å². The molecule has 0 saturated heterocycles. The Labute approximate surface area is 141 Å². The Morgan fingerprint density at radius 2 is 1.83 bits per heavy atom. The van der Waals surface area contributed by atoms with Crippen LogP contribution in [-0.2, 0) is 28.6 Å². The van der Waals surface area contributed by atoms with Crippen molar-refractivity contribution in [1.29, 1.82) is 0 Å². The van der Waals surface area contributed by atoms with Crippen LogP contribution in [0.5, 0.6) is 0 Å². The van der Waals surface area contributed by atoms with E-state index in [1.807, 2.05) is 20.8 Å². The average molecular weight is 337 g/mol. The number of carbonyl (C=O) groups excluding carboxylic acids is 3. The fourth-order valence-electron chi connectivity index (χ4n) is 2.82. The van der Waals surface area contributed by atoms with Gasteiger partial charge in [-0.1, -0.05) is 0 Å². The van der Waals surface area contributed by atoms with Crippen LogP contribution in [0.25, 0.3) is 0 Å². The second kappa shape index (κ2) is 6.67. The Kier molecular flexibility index (Phi) is 5.01. The van der Waals surface area contributed by atoms with Gasteiger partial charge in [-0.3, -0.25) is 9.59 Å². The van der Waals surface area contributed by atoms with E-state index in [1.165, 1.54) is 14.2 Å². The van der Waals surface area contributed by atoms with Crippen molar-refractivity contribution in [2.45, 2.75) is 45.6 Å². The summed E-state index contributed by atoms with van der Waals surface area (Å²) in [4.78, 5) is 37.1. The molecule has 1 atom stereocenters. The predicted molar refractivity (Wildman–Crippen MR) is 84.4 cm³/mol.